The summed E-state index contributed by atoms with van der Waals surface area (Å²) in [4.78, 5) is 0.244. The number of ether oxygens (including phenoxy) is 1. The first kappa shape index (κ1) is 13.3. The maximum atomic E-state index is 11.3. The minimum atomic E-state index is -3.19. The van der Waals surface area contributed by atoms with Crippen LogP contribution in [0.2, 0.25) is 0 Å². The summed E-state index contributed by atoms with van der Waals surface area (Å²) >= 11 is 6.84. The average Bonchev–Trinajstić information content (AvgIpc) is 2.76. The smallest absolute Gasteiger partial charge is 0.299 e. The van der Waals surface area contributed by atoms with Crippen molar-refractivity contribution in [3.63, 3.8) is 0 Å². The van der Waals surface area contributed by atoms with E-state index in [1.165, 1.54) is 23.5 Å². The molecule has 0 aliphatic rings. The summed E-state index contributed by atoms with van der Waals surface area (Å²) in [7, 11) is -3.19. The van der Waals surface area contributed by atoms with Crippen LogP contribution in [-0.4, -0.2) is 24.9 Å². The van der Waals surface area contributed by atoms with Crippen LogP contribution < -0.4 is 4.74 Å². The number of hydrogen-bond acceptors (Lipinski definition) is 6. The Morgan fingerprint density at radius 3 is 2.44 bits per heavy atom. The van der Waals surface area contributed by atoms with Crippen LogP contribution in [-0.2, 0) is 15.7 Å². The van der Waals surface area contributed by atoms with E-state index in [-0.39, 0.29) is 10.8 Å². The number of alkyl halides is 1. The maximum absolute atomic E-state index is 11.3. The van der Waals surface area contributed by atoms with Gasteiger partial charge in [0.1, 0.15) is 10.8 Å². The molecule has 0 N–H and O–H groups in total. The molecule has 0 atom stereocenters. The van der Waals surface area contributed by atoms with E-state index in [2.05, 4.69) is 10.2 Å². The number of rotatable bonds is 4. The van der Waals surface area contributed by atoms with E-state index in [0.717, 1.165) is 6.26 Å². The van der Waals surface area contributed by atoms with Gasteiger partial charge in [-0.15, -0.1) is 16.7 Å². The van der Waals surface area contributed by atoms with Gasteiger partial charge < -0.3 is 4.74 Å². The van der Waals surface area contributed by atoms with Gasteiger partial charge in [0.05, 0.1) is 10.8 Å². The van der Waals surface area contributed by atoms with Gasteiger partial charge in [0.2, 0.25) is 0 Å². The van der Waals surface area contributed by atoms with Crippen molar-refractivity contribution in [2.75, 3.05) is 6.26 Å². The Labute approximate surface area is 113 Å². The second kappa shape index (κ2) is 5.21. The molecule has 8 heteroatoms. The molecule has 0 saturated carbocycles. The van der Waals surface area contributed by atoms with Crippen LogP contribution in [0.1, 0.15) is 5.01 Å². The van der Waals surface area contributed by atoms with Crippen molar-refractivity contribution in [3.8, 4) is 10.9 Å². The fourth-order valence-electron chi connectivity index (χ4n) is 1.19. The van der Waals surface area contributed by atoms with Crippen molar-refractivity contribution >= 4 is 32.8 Å². The highest BCUT2D eigenvalue weighted by Crippen LogP contribution is 2.26. The summed E-state index contributed by atoms with van der Waals surface area (Å²) in [6, 6.07) is 6.10. The molecule has 2 rings (SSSR count). The molecule has 0 bridgehead atoms. The highest BCUT2D eigenvalue weighted by molar-refractivity contribution is 7.90. The zero-order valence-corrected chi connectivity index (χ0v) is 11.7. The molecule has 1 aromatic heterocycles. The monoisotopic (exact) mass is 304 g/mol. The van der Waals surface area contributed by atoms with Crippen LogP contribution in [0.15, 0.2) is 29.2 Å². The van der Waals surface area contributed by atoms with Gasteiger partial charge in [-0.3, -0.25) is 0 Å². The van der Waals surface area contributed by atoms with Crippen molar-refractivity contribution in [1.82, 2.24) is 10.2 Å². The molecule has 0 amide bonds. The average molecular weight is 305 g/mol. The molecule has 0 spiro atoms. The minimum Gasteiger partial charge on any atom is -0.430 e. The lowest BCUT2D eigenvalue weighted by Crippen LogP contribution is -1.96. The molecule has 0 radical (unpaired) electrons. The van der Waals surface area contributed by atoms with Crippen LogP contribution in [0.5, 0.6) is 10.9 Å². The Morgan fingerprint density at radius 2 is 1.94 bits per heavy atom. The summed E-state index contributed by atoms with van der Waals surface area (Å²) in [5.74, 6) is 0.785. The van der Waals surface area contributed by atoms with E-state index < -0.39 is 9.84 Å². The normalized spacial score (nSPS) is 11.4. The first-order chi connectivity index (χ1) is 8.49. The Hall–Kier alpha value is -1.18. The van der Waals surface area contributed by atoms with Gasteiger partial charge in [0.15, 0.2) is 9.84 Å². The fraction of sp³-hybridized carbons (Fsp3) is 0.200. The van der Waals surface area contributed by atoms with Crippen molar-refractivity contribution < 1.29 is 13.2 Å². The van der Waals surface area contributed by atoms with Crippen molar-refractivity contribution in [2.45, 2.75) is 10.8 Å². The molecular formula is C10H9ClN2O3S2. The summed E-state index contributed by atoms with van der Waals surface area (Å²) in [5, 5.41) is 8.64. The maximum Gasteiger partial charge on any atom is 0.299 e. The molecule has 2 aromatic rings. The van der Waals surface area contributed by atoms with Gasteiger partial charge in [0, 0.05) is 6.26 Å². The first-order valence-electron chi connectivity index (χ1n) is 4.85. The summed E-state index contributed by atoms with van der Waals surface area (Å²) < 4.78 is 28.0. The SMILES string of the molecule is CS(=O)(=O)c1ccc(Oc2nnc(CCl)s2)cc1. The Morgan fingerprint density at radius 1 is 1.28 bits per heavy atom. The number of sulfone groups is 1. The highest BCUT2D eigenvalue weighted by Gasteiger charge is 2.08. The lowest BCUT2D eigenvalue weighted by atomic mass is 10.3. The number of nitrogens with zero attached hydrogens (tertiary/aromatic N) is 2. The van der Waals surface area contributed by atoms with Crippen LogP contribution in [0, 0.1) is 0 Å². The van der Waals surface area contributed by atoms with E-state index in [1.807, 2.05) is 0 Å². The Bertz CT molecular complexity index is 637. The van der Waals surface area contributed by atoms with Crippen LogP contribution in [0.4, 0.5) is 0 Å². The van der Waals surface area contributed by atoms with E-state index >= 15 is 0 Å². The topological polar surface area (TPSA) is 69.2 Å². The summed E-state index contributed by atoms with van der Waals surface area (Å²) in [6.45, 7) is 0. The van der Waals surface area contributed by atoms with Gasteiger partial charge in [0.25, 0.3) is 5.19 Å². The predicted octanol–water partition coefficient (Wildman–Crippen LogP) is 2.47. The van der Waals surface area contributed by atoms with E-state index in [4.69, 9.17) is 16.3 Å². The fourth-order valence-corrected chi connectivity index (χ4v) is 2.59. The van der Waals surface area contributed by atoms with Crippen LogP contribution in [0.25, 0.3) is 0 Å². The molecule has 1 aromatic carbocycles. The number of benzene rings is 1. The van der Waals surface area contributed by atoms with Crippen molar-refractivity contribution in [2.24, 2.45) is 0 Å². The van der Waals surface area contributed by atoms with Crippen molar-refractivity contribution in [1.29, 1.82) is 0 Å². The van der Waals surface area contributed by atoms with Gasteiger partial charge in [-0.05, 0) is 24.3 Å². The largest absolute Gasteiger partial charge is 0.430 e. The third kappa shape index (κ3) is 3.18. The quantitative estimate of drug-likeness (QED) is 0.812. The zero-order chi connectivity index (χ0) is 13.2. The first-order valence-corrected chi connectivity index (χ1v) is 8.09. The molecule has 1 heterocycles. The molecule has 96 valence electrons. The van der Waals surface area contributed by atoms with Crippen LogP contribution >= 0.6 is 22.9 Å². The minimum absolute atomic E-state index is 0.244. The number of halogens is 1. The molecule has 0 fully saturated rings. The Balaban J connectivity index is 2.15. The molecule has 0 aliphatic carbocycles. The standard InChI is InChI=1S/C10H9ClN2O3S2/c1-18(14,15)8-4-2-7(3-5-8)16-10-13-12-9(6-11)17-10/h2-5H,6H2,1H3. The second-order valence-electron chi connectivity index (χ2n) is 3.44. The lowest BCUT2D eigenvalue weighted by molar-refractivity contribution is 0.472. The number of aromatic nitrogens is 2. The summed E-state index contributed by atoms with van der Waals surface area (Å²) in [6.07, 6.45) is 1.15. The van der Waals surface area contributed by atoms with Gasteiger partial charge in [-0.1, -0.05) is 16.4 Å². The van der Waals surface area contributed by atoms with Crippen LogP contribution in [0.3, 0.4) is 0 Å². The van der Waals surface area contributed by atoms with E-state index in [9.17, 15) is 8.42 Å². The van der Waals surface area contributed by atoms with E-state index in [0.29, 0.717) is 16.0 Å². The third-order valence-electron chi connectivity index (χ3n) is 2.02. The molecular weight excluding hydrogens is 296 g/mol. The number of hydrogen-bond donors (Lipinski definition) is 0. The van der Waals surface area contributed by atoms with Gasteiger partial charge in [-0.2, -0.15) is 0 Å². The van der Waals surface area contributed by atoms with Gasteiger partial charge in [-0.25, -0.2) is 8.42 Å². The molecule has 18 heavy (non-hydrogen) atoms. The third-order valence-corrected chi connectivity index (χ3v) is 4.36. The van der Waals surface area contributed by atoms with Gasteiger partial charge >= 0.3 is 0 Å². The predicted molar refractivity (Wildman–Crippen MR) is 69.1 cm³/mol. The second-order valence-corrected chi connectivity index (χ2v) is 6.75. The molecule has 0 aliphatic heterocycles. The van der Waals surface area contributed by atoms with E-state index in [1.54, 1.807) is 12.1 Å². The molecule has 0 unspecified atom stereocenters. The lowest BCUT2D eigenvalue weighted by Gasteiger charge is -2.02. The highest BCUT2D eigenvalue weighted by atomic mass is 35.5. The summed E-state index contributed by atoms with van der Waals surface area (Å²) in [5.41, 5.74) is 0. The Kier molecular flexibility index (Phi) is 3.84. The van der Waals surface area contributed by atoms with Crippen molar-refractivity contribution in [3.05, 3.63) is 29.3 Å². The molecule has 5 nitrogen and oxygen atoms in total. The molecule has 0 saturated heterocycles. The zero-order valence-electron chi connectivity index (χ0n) is 9.33.